The average Bonchev–Trinajstić information content (AvgIpc) is 3.75. The minimum absolute atomic E-state index is 0.158. The van der Waals surface area contributed by atoms with Crippen molar-refractivity contribution in [2.45, 2.75) is 349 Å². The van der Waals surface area contributed by atoms with E-state index >= 15 is 0 Å². The first-order valence-corrected chi connectivity index (χ1v) is 32.3. The SMILES string of the molecule is CCCCCCCCCCCCCCCCCCCCCCC[C@@H](O)C(=O)N[C@@H](CO[C@H]1O[C@H](CO)[C@H](O)[C@H](O[C@@H]2O[C@@H]([C@H](O)CO)[C@H](O)[C@H]2O[C@H]2O[C@@H]([C@H](O)CO)[C@H](O)[C@H]2O)[C@H]1O)[C@H](O)[C@H](O)CCCCCCCCCCCC(C)C. The Morgan fingerprint density at radius 2 is 0.878 bits per heavy atom. The Kier molecular flexibility index (Phi) is 40.4. The first-order chi connectivity index (χ1) is 39.5. The summed E-state index contributed by atoms with van der Waals surface area (Å²) in [5, 5.41) is 142. The molecule has 14 N–H and O–H groups in total. The van der Waals surface area contributed by atoms with Crippen molar-refractivity contribution >= 4 is 5.91 Å². The van der Waals surface area contributed by atoms with Gasteiger partial charge in [0.05, 0.1) is 38.6 Å². The molecule has 3 saturated heterocycles. The summed E-state index contributed by atoms with van der Waals surface area (Å²) in [6.07, 6.45) is 6.17. The average molecular weight is 1180 g/mol. The lowest BCUT2D eigenvalue weighted by Crippen LogP contribution is -2.62. The van der Waals surface area contributed by atoms with E-state index in [0.717, 1.165) is 51.4 Å². The maximum Gasteiger partial charge on any atom is 0.249 e. The number of amides is 1. The number of nitrogens with one attached hydrogen (secondary N) is 1. The Hall–Kier alpha value is -1.29. The van der Waals surface area contributed by atoms with E-state index in [9.17, 15) is 71.2 Å². The van der Waals surface area contributed by atoms with E-state index in [1.807, 2.05) is 0 Å². The number of carbonyl (C=O) groups excluding carboxylic acids is 1. The van der Waals surface area contributed by atoms with Gasteiger partial charge in [0, 0.05) is 0 Å². The van der Waals surface area contributed by atoms with Crippen molar-refractivity contribution in [1.82, 2.24) is 5.32 Å². The molecule has 19 atom stereocenters. The topological polar surface area (TPSA) is 347 Å². The zero-order chi connectivity index (χ0) is 60.2. The third-order valence-electron chi connectivity index (χ3n) is 16.8. The molecule has 1 amide bonds. The molecule has 486 valence electrons. The molecule has 0 saturated carbocycles. The smallest absolute Gasteiger partial charge is 0.249 e. The largest absolute Gasteiger partial charge is 0.394 e. The minimum atomic E-state index is -1.96. The zero-order valence-electron chi connectivity index (χ0n) is 50.4. The summed E-state index contributed by atoms with van der Waals surface area (Å²) in [4.78, 5) is 13.6. The highest BCUT2D eigenvalue weighted by Gasteiger charge is 2.56. The van der Waals surface area contributed by atoms with Gasteiger partial charge in [-0.2, -0.15) is 0 Å². The molecule has 3 aliphatic heterocycles. The molecule has 0 aromatic rings. The van der Waals surface area contributed by atoms with Crippen LogP contribution in [0.3, 0.4) is 0 Å². The van der Waals surface area contributed by atoms with E-state index in [0.29, 0.717) is 18.8 Å². The number of carbonyl (C=O) groups is 1. The minimum Gasteiger partial charge on any atom is -0.394 e. The van der Waals surface area contributed by atoms with Gasteiger partial charge in [-0.15, -0.1) is 0 Å². The van der Waals surface area contributed by atoms with Gasteiger partial charge >= 0.3 is 0 Å². The first-order valence-electron chi connectivity index (χ1n) is 32.3. The van der Waals surface area contributed by atoms with Gasteiger partial charge in [-0.25, -0.2) is 0 Å². The van der Waals surface area contributed by atoms with Gasteiger partial charge in [-0.1, -0.05) is 220 Å². The quantitative estimate of drug-likeness (QED) is 0.0371. The standard InChI is InChI=1S/C61H117NO20/c1-4-5-6-7-8-9-10-11-12-13-14-15-16-17-18-19-20-23-27-30-33-36-44(67)58(76)62-42(48(70)43(66)35-32-29-26-24-21-22-25-28-31-34-41(2)3)40-77-59-53(75)56(49(71)47(39-65)78-59)81-61-57(52(74)55(80-61)46(69)38-64)82-60-51(73)50(72)54(79-60)45(68)37-63/h41-57,59-61,63-75H,4-40H2,1-3H3,(H,62,76)/t42-,43+,44+,45+,46+,47+,48-,49-,50+,51+,52-,53+,54-,55-,56-,57+,59-,60+,61-/m0/s1. The summed E-state index contributed by atoms with van der Waals surface area (Å²) in [5.41, 5.74) is 0. The molecule has 0 radical (unpaired) electrons. The number of rotatable bonds is 50. The van der Waals surface area contributed by atoms with E-state index in [2.05, 4.69) is 26.1 Å². The van der Waals surface area contributed by atoms with Crippen LogP contribution in [-0.4, -0.2) is 215 Å². The molecule has 0 spiro atoms. The Morgan fingerprint density at radius 3 is 1.33 bits per heavy atom. The van der Waals surface area contributed by atoms with Crippen LogP contribution >= 0.6 is 0 Å². The zero-order valence-corrected chi connectivity index (χ0v) is 50.4. The molecule has 21 heteroatoms. The van der Waals surface area contributed by atoms with Crippen molar-refractivity contribution in [1.29, 1.82) is 0 Å². The van der Waals surface area contributed by atoms with Crippen LogP contribution in [0.4, 0.5) is 0 Å². The predicted molar refractivity (Wildman–Crippen MR) is 308 cm³/mol. The van der Waals surface area contributed by atoms with Crippen LogP contribution in [-0.2, 0) is 33.2 Å². The van der Waals surface area contributed by atoms with E-state index in [1.54, 1.807) is 0 Å². The Morgan fingerprint density at radius 1 is 0.463 bits per heavy atom. The monoisotopic (exact) mass is 1180 g/mol. The molecule has 82 heavy (non-hydrogen) atoms. The van der Waals surface area contributed by atoms with Gasteiger partial charge in [0.2, 0.25) is 5.91 Å². The van der Waals surface area contributed by atoms with Gasteiger partial charge in [0.15, 0.2) is 18.9 Å². The van der Waals surface area contributed by atoms with Crippen LogP contribution in [0.1, 0.15) is 233 Å². The number of aliphatic hydroxyl groups excluding tert-OH is 13. The molecule has 3 aliphatic rings. The van der Waals surface area contributed by atoms with E-state index in [-0.39, 0.29) is 12.8 Å². The summed E-state index contributed by atoms with van der Waals surface area (Å²) in [7, 11) is 0. The molecule has 3 heterocycles. The summed E-state index contributed by atoms with van der Waals surface area (Å²) >= 11 is 0. The van der Waals surface area contributed by atoms with Crippen molar-refractivity contribution in [3.05, 3.63) is 0 Å². The highest BCUT2D eigenvalue weighted by molar-refractivity contribution is 5.80. The highest BCUT2D eigenvalue weighted by atomic mass is 16.8. The van der Waals surface area contributed by atoms with Crippen LogP contribution in [0.5, 0.6) is 0 Å². The van der Waals surface area contributed by atoms with Crippen LogP contribution in [0.15, 0.2) is 0 Å². The summed E-state index contributed by atoms with van der Waals surface area (Å²) in [5.74, 6) is -0.0953. The van der Waals surface area contributed by atoms with Gasteiger partial charge < -0.3 is 100 Å². The number of hydrogen-bond donors (Lipinski definition) is 14. The van der Waals surface area contributed by atoms with Crippen molar-refractivity contribution in [2.24, 2.45) is 5.92 Å². The van der Waals surface area contributed by atoms with Crippen molar-refractivity contribution in [3.63, 3.8) is 0 Å². The van der Waals surface area contributed by atoms with Gasteiger partial charge in [0.25, 0.3) is 0 Å². The predicted octanol–water partition coefficient (Wildman–Crippen LogP) is 4.57. The Bertz CT molecular complexity index is 1560. The lowest BCUT2D eigenvalue weighted by atomic mass is 9.98. The molecule has 3 rings (SSSR count). The van der Waals surface area contributed by atoms with Crippen molar-refractivity contribution < 1.29 is 99.6 Å². The fourth-order valence-corrected chi connectivity index (χ4v) is 11.4. The molecular formula is C61H117NO20. The van der Waals surface area contributed by atoms with E-state index in [1.165, 1.54) is 135 Å². The van der Waals surface area contributed by atoms with Crippen molar-refractivity contribution in [2.75, 3.05) is 26.4 Å². The number of unbranched alkanes of at least 4 members (excludes halogenated alkanes) is 28. The van der Waals surface area contributed by atoms with Crippen LogP contribution in [0.2, 0.25) is 0 Å². The second-order valence-electron chi connectivity index (χ2n) is 24.4. The summed E-state index contributed by atoms with van der Waals surface area (Å²) in [6.45, 7) is 3.50. The molecule has 0 aromatic heterocycles. The normalized spacial score (nSPS) is 29.1. The fourth-order valence-electron chi connectivity index (χ4n) is 11.4. The Balaban J connectivity index is 1.56. The summed E-state index contributed by atoms with van der Waals surface area (Å²) < 4.78 is 34.6. The molecule has 0 aliphatic carbocycles. The van der Waals surface area contributed by atoms with Crippen LogP contribution in [0, 0.1) is 5.92 Å². The number of hydrogen-bond acceptors (Lipinski definition) is 20. The van der Waals surface area contributed by atoms with Gasteiger partial charge in [-0.3, -0.25) is 4.79 Å². The van der Waals surface area contributed by atoms with E-state index in [4.69, 9.17) is 28.4 Å². The number of ether oxygens (including phenoxy) is 6. The second-order valence-corrected chi connectivity index (χ2v) is 24.4. The molecule has 0 unspecified atom stereocenters. The fraction of sp³-hybridized carbons (Fsp3) is 0.984. The Labute approximate surface area is 490 Å². The molecular weight excluding hydrogens is 1070 g/mol. The molecule has 3 fully saturated rings. The lowest BCUT2D eigenvalue weighted by molar-refractivity contribution is -0.338. The van der Waals surface area contributed by atoms with Gasteiger partial charge in [0.1, 0.15) is 85.5 Å². The van der Waals surface area contributed by atoms with Crippen molar-refractivity contribution in [3.8, 4) is 0 Å². The first kappa shape index (κ1) is 75.0. The van der Waals surface area contributed by atoms with Crippen LogP contribution < -0.4 is 5.32 Å². The highest BCUT2D eigenvalue weighted by Crippen LogP contribution is 2.36. The third kappa shape index (κ3) is 27.8. The lowest BCUT2D eigenvalue weighted by Gasteiger charge is -2.43. The third-order valence-corrected chi connectivity index (χ3v) is 16.8. The maximum absolute atomic E-state index is 13.6. The van der Waals surface area contributed by atoms with Crippen LogP contribution in [0.25, 0.3) is 0 Å². The maximum atomic E-state index is 13.6. The number of aliphatic hydroxyl groups is 13. The molecule has 21 nitrogen and oxygen atoms in total. The van der Waals surface area contributed by atoms with Gasteiger partial charge in [-0.05, 0) is 18.8 Å². The second kappa shape index (κ2) is 44.2. The molecule has 0 aromatic carbocycles. The van der Waals surface area contributed by atoms with E-state index < -0.39 is 149 Å². The molecule has 0 bridgehead atoms. The summed E-state index contributed by atoms with van der Waals surface area (Å²) in [6, 6.07) is -1.37.